The maximum atomic E-state index is 11.3. The Kier molecular flexibility index (Phi) is 3.92. The van der Waals surface area contributed by atoms with Gasteiger partial charge in [-0.3, -0.25) is 4.79 Å². The zero-order chi connectivity index (χ0) is 13.3. The first-order chi connectivity index (χ1) is 8.52. The summed E-state index contributed by atoms with van der Waals surface area (Å²) in [6, 6.07) is 5.73. The molecular weight excluding hydrogens is 298 g/mol. The Morgan fingerprint density at radius 3 is 2.83 bits per heavy atom. The highest BCUT2D eigenvalue weighted by molar-refractivity contribution is 9.10. The highest BCUT2D eigenvalue weighted by atomic mass is 79.9. The van der Waals surface area contributed by atoms with Gasteiger partial charge in [0.05, 0.1) is 13.0 Å². The minimum absolute atomic E-state index is 0.0278. The van der Waals surface area contributed by atoms with Crippen molar-refractivity contribution in [1.29, 1.82) is 0 Å². The lowest BCUT2D eigenvalue weighted by Crippen LogP contribution is -2.21. The maximum absolute atomic E-state index is 11.3. The van der Waals surface area contributed by atoms with E-state index in [0.717, 1.165) is 22.3 Å². The molecule has 0 radical (unpaired) electrons. The van der Waals surface area contributed by atoms with Crippen LogP contribution in [0.4, 0.5) is 0 Å². The third kappa shape index (κ3) is 2.52. The zero-order valence-electron chi connectivity index (χ0n) is 10.4. The molecule has 2 unspecified atom stereocenters. The summed E-state index contributed by atoms with van der Waals surface area (Å²) in [5.41, 5.74) is 0.962. The number of aliphatic carboxylic acids is 1. The number of nitrogens with zero attached hydrogens (tertiary/aromatic N) is 1. The zero-order valence-corrected chi connectivity index (χ0v) is 12.0. The second-order valence-corrected chi connectivity index (χ2v) is 5.57. The van der Waals surface area contributed by atoms with E-state index in [1.54, 1.807) is 7.11 Å². The molecule has 2 rings (SSSR count). The van der Waals surface area contributed by atoms with E-state index < -0.39 is 5.97 Å². The molecule has 2 atom stereocenters. The van der Waals surface area contributed by atoms with Gasteiger partial charge in [0.2, 0.25) is 0 Å². The van der Waals surface area contributed by atoms with Crippen molar-refractivity contribution >= 4 is 21.9 Å². The summed E-state index contributed by atoms with van der Waals surface area (Å²) in [6.07, 6.45) is 0. The van der Waals surface area contributed by atoms with E-state index in [4.69, 9.17) is 4.74 Å². The molecule has 0 amide bonds. The highest BCUT2D eigenvalue weighted by Crippen LogP contribution is 2.38. The molecule has 5 heteroatoms. The van der Waals surface area contributed by atoms with Crippen LogP contribution < -0.4 is 4.74 Å². The van der Waals surface area contributed by atoms with E-state index in [1.165, 1.54) is 0 Å². The molecule has 1 saturated heterocycles. The number of likely N-dealkylation sites (N-methyl/N-ethyl adjacent to an activating group) is 1. The number of likely N-dealkylation sites (tertiary alicyclic amines) is 1. The Balaban J connectivity index is 2.40. The van der Waals surface area contributed by atoms with Gasteiger partial charge in [0.15, 0.2) is 0 Å². The number of hydrogen-bond donors (Lipinski definition) is 1. The summed E-state index contributed by atoms with van der Waals surface area (Å²) < 4.78 is 6.29. The van der Waals surface area contributed by atoms with Gasteiger partial charge in [-0.25, -0.2) is 0 Å². The molecule has 1 aromatic rings. The molecule has 0 bridgehead atoms. The van der Waals surface area contributed by atoms with Crippen molar-refractivity contribution in [2.75, 3.05) is 27.2 Å². The third-order valence-electron chi connectivity index (χ3n) is 3.41. The summed E-state index contributed by atoms with van der Waals surface area (Å²) >= 11 is 3.43. The fourth-order valence-electron chi connectivity index (χ4n) is 2.56. The minimum Gasteiger partial charge on any atom is -0.496 e. The highest BCUT2D eigenvalue weighted by Gasteiger charge is 2.38. The van der Waals surface area contributed by atoms with Gasteiger partial charge in [-0.05, 0) is 25.2 Å². The normalized spacial score (nSPS) is 24.2. The van der Waals surface area contributed by atoms with E-state index >= 15 is 0 Å². The lowest BCUT2D eigenvalue weighted by molar-refractivity contribution is -0.141. The molecule has 1 aromatic carbocycles. The predicted octanol–water partition coefficient (Wildman–Crippen LogP) is 2.19. The fourth-order valence-corrected chi connectivity index (χ4v) is 2.94. The van der Waals surface area contributed by atoms with Crippen molar-refractivity contribution in [2.24, 2.45) is 5.92 Å². The summed E-state index contributed by atoms with van der Waals surface area (Å²) in [6.45, 7) is 1.32. The van der Waals surface area contributed by atoms with Crippen molar-refractivity contribution in [3.8, 4) is 5.75 Å². The van der Waals surface area contributed by atoms with Crippen LogP contribution in [0.5, 0.6) is 5.75 Å². The van der Waals surface area contributed by atoms with Crippen LogP contribution in [-0.2, 0) is 4.79 Å². The first kappa shape index (κ1) is 13.4. The van der Waals surface area contributed by atoms with Gasteiger partial charge in [0, 0.05) is 29.0 Å². The monoisotopic (exact) mass is 313 g/mol. The van der Waals surface area contributed by atoms with Crippen LogP contribution in [0.25, 0.3) is 0 Å². The number of benzene rings is 1. The Labute approximate surface area is 115 Å². The Bertz CT molecular complexity index is 464. The Morgan fingerprint density at radius 1 is 1.50 bits per heavy atom. The number of carbonyl (C=O) groups is 1. The molecule has 0 saturated carbocycles. The minimum atomic E-state index is -0.744. The van der Waals surface area contributed by atoms with E-state index in [0.29, 0.717) is 6.54 Å². The second kappa shape index (κ2) is 5.28. The van der Waals surface area contributed by atoms with Crippen molar-refractivity contribution in [3.63, 3.8) is 0 Å². The van der Waals surface area contributed by atoms with E-state index in [9.17, 15) is 9.90 Å². The van der Waals surface area contributed by atoms with E-state index in [-0.39, 0.29) is 11.8 Å². The van der Waals surface area contributed by atoms with Crippen LogP contribution in [0.3, 0.4) is 0 Å². The van der Waals surface area contributed by atoms with E-state index in [1.807, 2.05) is 30.1 Å². The van der Waals surface area contributed by atoms with Gasteiger partial charge in [-0.1, -0.05) is 15.9 Å². The lowest BCUT2D eigenvalue weighted by Gasteiger charge is -2.18. The first-order valence-corrected chi connectivity index (χ1v) is 6.57. The van der Waals surface area contributed by atoms with Crippen LogP contribution in [0.1, 0.15) is 11.5 Å². The van der Waals surface area contributed by atoms with Crippen LogP contribution in [0.15, 0.2) is 22.7 Å². The second-order valence-electron chi connectivity index (χ2n) is 4.66. The van der Waals surface area contributed by atoms with Gasteiger partial charge in [0.25, 0.3) is 0 Å². The number of carboxylic acids is 1. The Hall–Kier alpha value is -1.07. The van der Waals surface area contributed by atoms with Gasteiger partial charge >= 0.3 is 5.97 Å². The van der Waals surface area contributed by atoms with Gasteiger partial charge in [-0.2, -0.15) is 0 Å². The third-order valence-corrected chi connectivity index (χ3v) is 3.90. The number of methoxy groups -OCH3 is 1. The largest absolute Gasteiger partial charge is 0.496 e. The van der Waals surface area contributed by atoms with E-state index in [2.05, 4.69) is 15.9 Å². The number of ether oxygens (including phenoxy) is 1. The summed E-state index contributed by atoms with van der Waals surface area (Å²) in [4.78, 5) is 13.4. The molecular formula is C13H16BrNO3. The van der Waals surface area contributed by atoms with Crippen molar-refractivity contribution < 1.29 is 14.6 Å². The summed E-state index contributed by atoms with van der Waals surface area (Å²) in [5.74, 6) is -0.394. The van der Waals surface area contributed by atoms with Gasteiger partial charge in [-0.15, -0.1) is 0 Å². The number of rotatable bonds is 3. The maximum Gasteiger partial charge on any atom is 0.308 e. The Morgan fingerprint density at radius 2 is 2.22 bits per heavy atom. The molecule has 0 spiro atoms. The molecule has 1 N–H and O–H groups in total. The quantitative estimate of drug-likeness (QED) is 0.929. The average molecular weight is 314 g/mol. The van der Waals surface area contributed by atoms with Gasteiger partial charge in [0.1, 0.15) is 5.75 Å². The molecule has 1 heterocycles. The molecule has 98 valence electrons. The molecule has 1 fully saturated rings. The predicted molar refractivity (Wildman–Crippen MR) is 72.1 cm³/mol. The molecule has 1 aliphatic rings. The summed E-state index contributed by atoms with van der Waals surface area (Å²) in [5, 5.41) is 9.32. The molecule has 4 nitrogen and oxygen atoms in total. The summed E-state index contributed by atoms with van der Waals surface area (Å²) in [7, 11) is 3.56. The molecule has 18 heavy (non-hydrogen) atoms. The SMILES string of the molecule is COc1ccc(Br)cc1C1CN(C)CC1C(=O)O. The standard InChI is InChI=1S/C13H16BrNO3/c1-15-6-10(11(7-15)13(16)17)9-5-8(14)3-4-12(9)18-2/h3-5,10-11H,6-7H2,1-2H3,(H,16,17). The number of hydrogen-bond acceptors (Lipinski definition) is 3. The fraction of sp³-hybridized carbons (Fsp3) is 0.462. The molecule has 0 aromatic heterocycles. The first-order valence-electron chi connectivity index (χ1n) is 5.77. The molecule has 0 aliphatic carbocycles. The van der Waals surface area contributed by atoms with Crippen LogP contribution in [0.2, 0.25) is 0 Å². The van der Waals surface area contributed by atoms with Gasteiger partial charge < -0.3 is 14.7 Å². The lowest BCUT2D eigenvalue weighted by atomic mass is 9.88. The van der Waals surface area contributed by atoms with Crippen molar-refractivity contribution in [1.82, 2.24) is 4.90 Å². The smallest absolute Gasteiger partial charge is 0.308 e. The average Bonchev–Trinajstić information content (AvgIpc) is 2.71. The van der Waals surface area contributed by atoms with Crippen molar-refractivity contribution in [2.45, 2.75) is 5.92 Å². The molecule has 1 aliphatic heterocycles. The number of carboxylic acid groups (broad SMARTS) is 1. The number of halogens is 1. The topological polar surface area (TPSA) is 49.8 Å². The van der Waals surface area contributed by atoms with Crippen LogP contribution in [0, 0.1) is 5.92 Å². The van der Waals surface area contributed by atoms with Crippen LogP contribution in [-0.4, -0.2) is 43.2 Å². The van der Waals surface area contributed by atoms with Crippen molar-refractivity contribution in [3.05, 3.63) is 28.2 Å². The van der Waals surface area contributed by atoms with Crippen LogP contribution >= 0.6 is 15.9 Å².